The van der Waals surface area contributed by atoms with Crippen molar-refractivity contribution >= 4 is 43.1 Å². The Morgan fingerprint density at radius 2 is 1.72 bits per heavy atom. The first kappa shape index (κ1) is 45.2. The summed E-state index contributed by atoms with van der Waals surface area (Å²) in [6.45, 7) is 6.31. The number of halogens is 3. The van der Waals surface area contributed by atoms with Crippen LogP contribution in [0.25, 0.3) is 0 Å². The zero-order chi connectivity index (χ0) is 42.9. The Kier molecular flexibility index (Phi) is 15.0. The number of piperidine rings is 1. The molecule has 1 unspecified atom stereocenters. The number of rotatable bonds is 17. The molecule has 0 aliphatic carbocycles. The Hall–Kier alpha value is -4.38. The van der Waals surface area contributed by atoms with E-state index in [-0.39, 0.29) is 17.5 Å². The molecule has 0 spiro atoms. The smallest absolute Gasteiger partial charge is 0.481 e. The highest BCUT2D eigenvalue weighted by atomic mass is 32.2. The highest BCUT2D eigenvalue weighted by Crippen LogP contribution is 2.37. The molecule has 0 radical (unpaired) electrons. The number of aromatic nitrogens is 2. The molecule has 60 heavy (non-hydrogen) atoms. The molecule has 2 aliphatic rings. The Labute approximate surface area is 355 Å². The van der Waals surface area contributed by atoms with Gasteiger partial charge in [-0.25, -0.2) is 26.8 Å². The van der Waals surface area contributed by atoms with Gasteiger partial charge in [-0.15, -0.1) is 17.7 Å². The number of fused-ring (bicyclic) bond motifs is 1. The number of nitrogens with one attached hydrogen (secondary N) is 2. The van der Waals surface area contributed by atoms with Crippen molar-refractivity contribution in [3.05, 3.63) is 95.9 Å². The molecule has 322 valence electrons. The molecule has 0 bridgehead atoms. The van der Waals surface area contributed by atoms with Crippen molar-refractivity contribution in [2.24, 2.45) is 0 Å². The van der Waals surface area contributed by atoms with E-state index >= 15 is 0 Å². The van der Waals surface area contributed by atoms with Crippen molar-refractivity contribution < 1.29 is 34.7 Å². The zero-order valence-electron chi connectivity index (χ0n) is 33.8. The SMILES string of the molecule is CC#CCOc1ccccc1CN1CCC(N2CCc3c(ncnc3NS(=O)(=O)c3ccc(NC(CCN(C)C)CSc4ccccc4)c(S(=O)(=O)C(F)(F)F)c3)C2)CC1. The molecule has 1 aromatic heterocycles. The lowest BCUT2D eigenvalue weighted by molar-refractivity contribution is -0.0435. The molecule has 1 saturated heterocycles. The van der Waals surface area contributed by atoms with E-state index in [1.165, 1.54) is 18.1 Å². The van der Waals surface area contributed by atoms with E-state index in [2.05, 4.69) is 47.7 Å². The Bertz CT molecular complexity index is 2370. The number of para-hydroxylation sites is 1. The monoisotopic (exact) mass is 885 g/mol. The molecule has 4 aromatic rings. The summed E-state index contributed by atoms with van der Waals surface area (Å²) < 4.78 is 104. The topological polar surface area (TPSA) is 137 Å². The number of nitrogens with zero attached hydrogens (tertiary/aromatic N) is 5. The number of hydrogen-bond donors (Lipinski definition) is 2. The van der Waals surface area contributed by atoms with E-state index in [0.29, 0.717) is 62.2 Å². The molecule has 1 fully saturated rings. The van der Waals surface area contributed by atoms with E-state index in [9.17, 15) is 30.0 Å². The molecular formula is C42H50F3N7O5S3. The average molecular weight is 886 g/mol. The van der Waals surface area contributed by atoms with Crippen molar-refractivity contribution in [1.82, 2.24) is 24.7 Å². The molecule has 6 rings (SSSR count). The number of ether oxygens (including phenoxy) is 1. The summed E-state index contributed by atoms with van der Waals surface area (Å²) in [5, 5.41) is 3.00. The predicted molar refractivity (Wildman–Crippen MR) is 228 cm³/mol. The predicted octanol–water partition coefficient (Wildman–Crippen LogP) is 6.52. The van der Waals surface area contributed by atoms with E-state index in [1.807, 2.05) is 67.5 Å². The van der Waals surface area contributed by atoms with Crippen LogP contribution >= 0.6 is 11.8 Å². The quantitative estimate of drug-likeness (QED) is 0.0883. The van der Waals surface area contributed by atoms with Crippen LogP contribution in [0, 0.1) is 11.8 Å². The van der Waals surface area contributed by atoms with Crippen molar-refractivity contribution in [3.63, 3.8) is 0 Å². The molecule has 2 aliphatic heterocycles. The van der Waals surface area contributed by atoms with Gasteiger partial charge in [0.2, 0.25) is 0 Å². The molecule has 3 heterocycles. The van der Waals surface area contributed by atoms with Gasteiger partial charge >= 0.3 is 5.51 Å². The number of sulfonamides is 1. The van der Waals surface area contributed by atoms with Crippen LogP contribution in [0.1, 0.15) is 43.0 Å². The van der Waals surface area contributed by atoms with Crippen LogP contribution in [0.5, 0.6) is 5.75 Å². The average Bonchev–Trinajstić information content (AvgIpc) is 3.22. The first-order valence-electron chi connectivity index (χ1n) is 19.6. The molecular weight excluding hydrogens is 836 g/mol. The molecule has 0 saturated carbocycles. The summed E-state index contributed by atoms with van der Waals surface area (Å²) in [5.74, 6) is 7.02. The number of alkyl halides is 3. The van der Waals surface area contributed by atoms with Crippen LogP contribution in [0.4, 0.5) is 24.7 Å². The number of benzene rings is 3. The summed E-state index contributed by atoms with van der Waals surface area (Å²) >= 11 is 1.47. The van der Waals surface area contributed by atoms with E-state index < -0.39 is 41.2 Å². The van der Waals surface area contributed by atoms with Crippen LogP contribution in [-0.4, -0.2) is 112 Å². The first-order valence-corrected chi connectivity index (χ1v) is 23.6. The van der Waals surface area contributed by atoms with Crippen molar-refractivity contribution in [2.75, 3.05) is 62.7 Å². The molecule has 18 heteroatoms. The maximum atomic E-state index is 14.1. The Morgan fingerprint density at radius 1 is 0.983 bits per heavy atom. The number of hydrogen-bond acceptors (Lipinski definition) is 12. The maximum absolute atomic E-state index is 14.1. The second kappa shape index (κ2) is 20.0. The van der Waals surface area contributed by atoms with Crippen LogP contribution in [0.3, 0.4) is 0 Å². The normalized spacial score (nSPS) is 16.1. The van der Waals surface area contributed by atoms with Crippen LogP contribution in [-0.2, 0) is 39.4 Å². The number of likely N-dealkylation sites (tertiary alicyclic amines) is 1. The largest absolute Gasteiger partial charge is 0.501 e. The minimum Gasteiger partial charge on any atom is -0.481 e. The highest BCUT2D eigenvalue weighted by molar-refractivity contribution is 7.99. The fourth-order valence-corrected chi connectivity index (χ4v) is 10.4. The summed E-state index contributed by atoms with van der Waals surface area (Å²) in [4.78, 5) is 14.4. The van der Waals surface area contributed by atoms with Gasteiger partial charge in [-0.05, 0) is 103 Å². The van der Waals surface area contributed by atoms with Gasteiger partial charge in [0, 0.05) is 53.5 Å². The minimum absolute atomic E-state index is 0.00406. The summed E-state index contributed by atoms with van der Waals surface area (Å²) in [7, 11) is -6.88. The summed E-state index contributed by atoms with van der Waals surface area (Å²) in [5.41, 5.74) is -3.69. The fraction of sp³-hybridized carbons (Fsp3) is 0.429. The van der Waals surface area contributed by atoms with Gasteiger partial charge in [0.1, 0.15) is 29.4 Å². The van der Waals surface area contributed by atoms with Gasteiger partial charge in [-0.3, -0.25) is 14.5 Å². The standard InChI is InChI=1S/C42H50F3N7O5S3/c1-4-5-25-57-39-14-10-9-11-31(39)27-51-22-18-33(19-23-51)52-24-20-36-38(28-52)46-30-47-41(36)49-60(55,56)35-15-16-37(40(26-35)59(53,54)42(43,44)45)48-32(17-21-50(2)3)29-58-34-12-7-6-8-13-34/h6-16,26,30,32-33,48H,17-25,27-29H2,1-3H3,(H,46,47,49). The van der Waals surface area contributed by atoms with Crippen LogP contribution in [0.2, 0.25) is 0 Å². The maximum Gasteiger partial charge on any atom is 0.501 e. The second-order valence-corrected chi connectivity index (χ2v) is 19.7. The van der Waals surface area contributed by atoms with Gasteiger partial charge in [-0.1, -0.05) is 42.3 Å². The number of sulfone groups is 1. The zero-order valence-corrected chi connectivity index (χ0v) is 36.2. The van der Waals surface area contributed by atoms with E-state index in [4.69, 9.17) is 4.74 Å². The van der Waals surface area contributed by atoms with Gasteiger partial charge in [0.15, 0.2) is 0 Å². The van der Waals surface area contributed by atoms with E-state index in [1.54, 1.807) is 6.92 Å². The molecule has 1 atom stereocenters. The lowest BCUT2D eigenvalue weighted by Crippen LogP contribution is -2.46. The van der Waals surface area contributed by atoms with Crippen molar-refractivity contribution in [3.8, 4) is 17.6 Å². The van der Waals surface area contributed by atoms with Crippen LogP contribution in [0.15, 0.2) is 93.8 Å². The number of anilines is 2. The van der Waals surface area contributed by atoms with Crippen molar-refractivity contribution in [2.45, 2.75) is 78.0 Å². The lowest BCUT2D eigenvalue weighted by atomic mass is 9.98. The lowest BCUT2D eigenvalue weighted by Gasteiger charge is -2.40. The molecule has 0 amide bonds. The first-order chi connectivity index (χ1) is 28.6. The van der Waals surface area contributed by atoms with Crippen molar-refractivity contribution in [1.29, 1.82) is 0 Å². The Balaban J connectivity index is 1.15. The highest BCUT2D eigenvalue weighted by Gasteiger charge is 2.48. The van der Waals surface area contributed by atoms with Gasteiger partial charge < -0.3 is 15.0 Å². The number of thioether (sulfide) groups is 1. The van der Waals surface area contributed by atoms with Gasteiger partial charge in [0.25, 0.3) is 19.9 Å². The third-order valence-electron chi connectivity index (χ3n) is 10.5. The summed E-state index contributed by atoms with van der Waals surface area (Å²) in [6, 6.07) is 20.0. The van der Waals surface area contributed by atoms with Gasteiger partial charge in [0.05, 0.1) is 16.3 Å². The minimum atomic E-state index is -5.98. The summed E-state index contributed by atoms with van der Waals surface area (Å²) in [6.07, 6.45) is 4.02. The van der Waals surface area contributed by atoms with Gasteiger partial charge in [-0.2, -0.15) is 13.2 Å². The van der Waals surface area contributed by atoms with E-state index in [0.717, 1.165) is 60.8 Å². The second-order valence-electron chi connectivity index (χ2n) is 15.0. The fourth-order valence-electron chi connectivity index (χ4n) is 7.29. The third-order valence-corrected chi connectivity index (χ3v) is 14.6. The molecule has 12 nitrogen and oxygen atoms in total. The third kappa shape index (κ3) is 11.5. The van der Waals surface area contributed by atoms with Crippen LogP contribution < -0.4 is 14.8 Å². The molecule has 2 N–H and O–H groups in total. The Morgan fingerprint density at radius 3 is 2.43 bits per heavy atom. The molecule has 3 aromatic carbocycles.